The monoisotopic (exact) mass is 432 g/mol. The number of amides is 3. The molecule has 1 aromatic rings. The van der Waals surface area contributed by atoms with E-state index in [1.165, 1.54) is 11.8 Å². The molecule has 1 fully saturated rings. The summed E-state index contributed by atoms with van der Waals surface area (Å²) in [7, 11) is 0. The topological polar surface area (TPSA) is 142 Å². The Bertz CT molecular complexity index is 798. The first kappa shape index (κ1) is 24.3. The van der Waals surface area contributed by atoms with Gasteiger partial charge >= 0.3 is 5.97 Å². The Morgan fingerprint density at radius 3 is 2.32 bits per heavy atom. The lowest BCUT2D eigenvalue weighted by atomic mass is 10.0. The summed E-state index contributed by atoms with van der Waals surface area (Å²) >= 11 is 0. The van der Waals surface area contributed by atoms with Gasteiger partial charge in [-0.3, -0.25) is 14.4 Å². The minimum Gasteiger partial charge on any atom is -0.480 e. The zero-order chi connectivity index (χ0) is 23.1. The fraction of sp³-hybridized carbons (Fsp3) is 0.545. The van der Waals surface area contributed by atoms with Gasteiger partial charge in [-0.2, -0.15) is 0 Å². The van der Waals surface area contributed by atoms with Crippen LogP contribution in [0.3, 0.4) is 0 Å². The molecule has 1 aliphatic rings. The number of carboxylic acid groups (broad SMARTS) is 1. The Balaban J connectivity index is 1.97. The van der Waals surface area contributed by atoms with Crippen LogP contribution in [0.4, 0.5) is 0 Å². The number of hydrogen-bond acceptors (Lipinski definition) is 5. The lowest BCUT2D eigenvalue weighted by Crippen LogP contribution is -2.57. The van der Waals surface area contributed by atoms with Gasteiger partial charge in [-0.25, -0.2) is 4.79 Å². The Morgan fingerprint density at radius 2 is 1.74 bits per heavy atom. The highest BCUT2D eigenvalue weighted by Crippen LogP contribution is 2.18. The van der Waals surface area contributed by atoms with Gasteiger partial charge < -0.3 is 26.4 Å². The highest BCUT2D eigenvalue weighted by Gasteiger charge is 2.37. The van der Waals surface area contributed by atoms with Crippen LogP contribution in [0.25, 0.3) is 0 Å². The van der Waals surface area contributed by atoms with Gasteiger partial charge in [0.1, 0.15) is 18.1 Å². The molecule has 0 spiro atoms. The Labute approximate surface area is 182 Å². The minimum atomic E-state index is -1.05. The third-order valence-electron chi connectivity index (χ3n) is 5.43. The number of rotatable bonds is 9. The van der Waals surface area contributed by atoms with Crippen molar-refractivity contribution in [3.8, 4) is 0 Å². The lowest BCUT2D eigenvalue weighted by Gasteiger charge is -2.28. The summed E-state index contributed by atoms with van der Waals surface area (Å²) in [5, 5.41) is 14.6. The van der Waals surface area contributed by atoms with Crippen molar-refractivity contribution in [3.05, 3.63) is 35.9 Å². The summed E-state index contributed by atoms with van der Waals surface area (Å²) in [4.78, 5) is 50.6. The molecule has 1 saturated heterocycles. The van der Waals surface area contributed by atoms with Crippen LogP contribution < -0.4 is 16.4 Å². The van der Waals surface area contributed by atoms with Crippen molar-refractivity contribution in [2.45, 2.75) is 64.2 Å². The largest absolute Gasteiger partial charge is 0.480 e. The maximum Gasteiger partial charge on any atom is 0.326 e. The average molecular weight is 433 g/mol. The standard InChI is InChI=1S/C22H32N4O5/c1-13(2)18(25-19(27)16(23)12-15-8-5-4-6-9-15)20(28)24-14(3)21(29)26-11-7-10-17(26)22(30)31/h4-6,8-9,13-14,16-18H,7,10-12,23H2,1-3H3,(H,24,28)(H,25,27)(H,30,31)/t14-,16+,17-,18-/m0/s1. The van der Waals surface area contributed by atoms with E-state index >= 15 is 0 Å². The fourth-order valence-electron chi connectivity index (χ4n) is 3.66. The van der Waals surface area contributed by atoms with E-state index in [0.717, 1.165) is 5.56 Å². The molecular formula is C22H32N4O5. The molecule has 1 aromatic carbocycles. The highest BCUT2D eigenvalue weighted by atomic mass is 16.4. The number of nitrogens with two attached hydrogens (primary N) is 1. The van der Waals surface area contributed by atoms with Gasteiger partial charge in [0.25, 0.3) is 0 Å². The SMILES string of the molecule is CC(C)[C@H](NC(=O)[C@H](N)Cc1ccccc1)C(=O)N[C@@H](C)C(=O)N1CCC[C@H]1C(=O)O. The van der Waals surface area contributed by atoms with Crippen LogP contribution in [0.1, 0.15) is 39.2 Å². The van der Waals surface area contributed by atoms with Gasteiger partial charge in [0.05, 0.1) is 6.04 Å². The molecule has 31 heavy (non-hydrogen) atoms. The minimum absolute atomic E-state index is 0.242. The van der Waals surface area contributed by atoms with Crippen molar-refractivity contribution >= 4 is 23.7 Å². The molecule has 0 bridgehead atoms. The quantitative estimate of drug-likeness (QED) is 0.441. The summed E-state index contributed by atoms with van der Waals surface area (Å²) in [5.74, 6) is -2.71. The Morgan fingerprint density at radius 1 is 1.10 bits per heavy atom. The number of carboxylic acids is 1. The van der Waals surface area contributed by atoms with E-state index in [0.29, 0.717) is 25.8 Å². The lowest BCUT2D eigenvalue weighted by molar-refractivity contribution is -0.149. The summed E-state index contributed by atoms with van der Waals surface area (Å²) in [6.45, 7) is 5.41. The van der Waals surface area contributed by atoms with Gasteiger partial charge in [-0.05, 0) is 37.7 Å². The normalized spacial score (nSPS) is 18.9. The van der Waals surface area contributed by atoms with Crippen molar-refractivity contribution in [3.63, 3.8) is 0 Å². The Kier molecular flexibility index (Phi) is 8.56. The second-order valence-corrected chi connectivity index (χ2v) is 8.28. The van der Waals surface area contributed by atoms with Crippen LogP contribution in [-0.2, 0) is 25.6 Å². The van der Waals surface area contributed by atoms with Gasteiger partial charge in [0.2, 0.25) is 17.7 Å². The average Bonchev–Trinajstić information content (AvgIpc) is 3.21. The van der Waals surface area contributed by atoms with Gasteiger partial charge in [0, 0.05) is 6.54 Å². The molecule has 0 aliphatic carbocycles. The zero-order valence-electron chi connectivity index (χ0n) is 18.2. The molecule has 0 aromatic heterocycles. The van der Waals surface area contributed by atoms with Crippen molar-refractivity contribution < 1.29 is 24.3 Å². The van der Waals surface area contributed by atoms with Crippen molar-refractivity contribution in [2.24, 2.45) is 11.7 Å². The van der Waals surface area contributed by atoms with Crippen LogP contribution >= 0.6 is 0 Å². The van der Waals surface area contributed by atoms with Crippen LogP contribution in [0.2, 0.25) is 0 Å². The Hall–Kier alpha value is -2.94. The molecule has 1 aliphatic heterocycles. The third-order valence-corrected chi connectivity index (χ3v) is 5.43. The predicted octanol–water partition coefficient (Wildman–Crippen LogP) is 0.278. The van der Waals surface area contributed by atoms with Crippen LogP contribution in [-0.4, -0.2) is 64.4 Å². The fourth-order valence-corrected chi connectivity index (χ4v) is 3.66. The van der Waals surface area contributed by atoms with E-state index in [1.54, 1.807) is 13.8 Å². The van der Waals surface area contributed by atoms with Gasteiger partial charge in [-0.1, -0.05) is 44.2 Å². The maximum absolute atomic E-state index is 12.8. The first-order chi connectivity index (χ1) is 14.6. The number of carbonyl (C=O) groups is 4. The molecule has 0 unspecified atom stereocenters. The number of aliphatic carboxylic acids is 1. The number of nitrogens with zero attached hydrogens (tertiary/aromatic N) is 1. The highest BCUT2D eigenvalue weighted by molar-refractivity contribution is 5.94. The van der Waals surface area contributed by atoms with Gasteiger partial charge in [0.15, 0.2) is 0 Å². The van der Waals surface area contributed by atoms with Crippen LogP contribution in [0.5, 0.6) is 0 Å². The molecule has 170 valence electrons. The van der Waals surface area contributed by atoms with Crippen LogP contribution in [0, 0.1) is 5.92 Å². The van der Waals surface area contributed by atoms with E-state index in [-0.39, 0.29) is 5.92 Å². The van der Waals surface area contributed by atoms with E-state index in [9.17, 15) is 24.3 Å². The second kappa shape index (κ2) is 10.9. The first-order valence-electron chi connectivity index (χ1n) is 10.5. The predicted molar refractivity (Wildman–Crippen MR) is 115 cm³/mol. The number of carbonyl (C=O) groups excluding carboxylic acids is 3. The molecule has 2 rings (SSSR count). The molecular weight excluding hydrogens is 400 g/mol. The third kappa shape index (κ3) is 6.52. The number of nitrogens with one attached hydrogen (secondary N) is 2. The van der Waals surface area contributed by atoms with Crippen molar-refractivity contribution in [1.82, 2.24) is 15.5 Å². The van der Waals surface area contributed by atoms with E-state index in [1.807, 2.05) is 30.3 Å². The molecule has 0 saturated carbocycles. The van der Waals surface area contributed by atoms with E-state index < -0.39 is 47.9 Å². The smallest absolute Gasteiger partial charge is 0.326 e. The molecule has 9 nitrogen and oxygen atoms in total. The second-order valence-electron chi connectivity index (χ2n) is 8.28. The van der Waals surface area contributed by atoms with Crippen LogP contribution in [0.15, 0.2) is 30.3 Å². The van der Waals surface area contributed by atoms with Crippen molar-refractivity contribution in [2.75, 3.05) is 6.54 Å². The van der Waals surface area contributed by atoms with E-state index in [2.05, 4.69) is 10.6 Å². The molecule has 0 radical (unpaired) electrons. The summed E-state index contributed by atoms with van der Waals surface area (Å²) in [6.07, 6.45) is 1.33. The molecule has 3 amide bonds. The zero-order valence-corrected chi connectivity index (χ0v) is 18.2. The molecule has 1 heterocycles. The number of likely N-dealkylation sites (tertiary alicyclic amines) is 1. The first-order valence-corrected chi connectivity index (χ1v) is 10.5. The van der Waals surface area contributed by atoms with Crippen molar-refractivity contribution in [1.29, 1.82) is 0 Å². The molecule has 4 atom stereocenters. The molecule has 5 N–H and O–H groups in total. The summed E-state index contributed by atoms with van der Waals surface area (Å²) < 4.78 is 0. The number of benzene rings is 1. The van der Waals surface area contributed by atoms with Gasteiger partial charge in [-0.15, -0.1) is 0 Å². The summed E-state index contributed by atoms with van der Waals surface area (Å²) in [6, 6.07) is 5.85. The molecule has 9 heteroatoms. The van der Waals surface area contributed by atoms with E-state index in [4.69, 9.17) is 5.73 Å². The summed E-state index contributed by atoms with van der Waals surface area (Å²) in [5.41, 5.74) is 6.92. The number of hydrogen-bond donors (Lipinski definition) is 4. The maximum atomic E-state index is 12.8.